The number of nitrogens with one attached hydrogen (secondary N) is 1. The second kappa shape index (κ2) is 5.54. The van der Waals surface area contributed by atoms with Crippen molar-refractivity contribution >= 4 is 22.7 Å². The van der Waals surface area contributed by atoms with Crippen LogP contribution < -0.4 is 16.2 Å². The topological polar surface area (TPSA) is 84.4 Å². The molecule has 0 unspecified atom stereocenters. The number of hydrogen-bond acceptors (Lipinski definition) is 5. The van der Waals surface area contributed by atoms with Crippen molar-refractivity contribution in [3.05, 3.63) is 58.4 Å². The Morgan fingerprint density at radius 1 is 1.30 bits per heavy atom. The summed E-state index contributed by atoms with van der Waals surface area (Å²) in [6.07, 6.45) is 0. The monoisotopic (exact) mass is 276 g/mol. The largest absolute Gasteiger partial charge is 0.342 e. The van der Waals surface area contributed by atoms with Gasteiger partial charge in [-0.3, -0.25) is 16.0 Å². The average molecular weight is 276 g/mol. The number of anilines is 3. The van der Waals surface area contributed by atoms with Crippen molar-refractivity contribution in [2.75, 3.05) is 17.4 Å². The van der Waals surface area contributed by atoms with E-state index >= 15 is 0 Å². The number of rotatable bonds is 4. The van der Waals surface area contributed by atoms with Gasteiger partial charge in [0.1, 0.15) is 5.82 Å². The quantitative estimate of drug-likeness (QED) is 0.509. The lowest BCUT2D eigenvalue weighted by atomic mass is 10.2. The van der Waals surface area contributed by atoms with Crippen molar-refractivity contribution in [2.45, 2.75) is 0 Å². The molecule has 0 bridgehead atoms. The normalized spacial score (nSPS) is 10.2. The first-order valence-electron chi connectivity index (χ1n) is 5.77. The van der Waals surface area contributed by atoms with Crippen LogP contribution in [0.1, 0.15) is 0 Å². The van der Waals surface area contributed by atoms with Gasteiger partial charge in [-0.25, -0.2) is 4.39 Å². The van der Waals surface area contributed by atoms with Gasteiger partial charge in [0.15, 0.2) is 0 Å². The van der Waals surface area contributed by atoms with Gasteiger partial charge in [0, 0.05) is 24.9 Å². The van der Waals surface area contributed by atoms with E-state index in [0.717, 1.165) is 0 Å². The molecule has 104 valence electrons. The van der Waals surface area contributed by atoms with Gasteiger partial charge in [-0.2, -0.15) is 0 Å². The third kappa shape index (κ3) is 2.67. The molecule has 0 heterocycles. The highest BCUT2D eigenvalue weighted by Crippen LogP contribution is 2.31. The van der Waals surface area contributed by atoms with Gasteiger partial charge in [0.25, 0.3) is 5.69 Å². The number of benzene rings is 2. The van der Waals surface area contributed by atoms with Gasteiger partial charge in [-0.15, -0.1) is 0 Å². The molecule has 0 saturated carbocycles. The lowest BCUT2D eigenvalue weighted by molar-refractivity contribution is -0.384. The molecule has 0 saturated heterocycles. The van der Waals surface area contributed by atoms with Crippen LogP contribution in [0.2, 0.25) is 0 Å². The highest BCUT2D eigenvalue weighted by Gasteiger charge is 2.14. The Balaban J connectivity index is 2.49. The van der Waals surface area contributed by atoms with Crippen molar-refractivity contribution in [3.8, 4) is 0 Å². The van der Waals surface area contributed by atoms with E-state index in [2.05, 4.69) is 5.43 Å². The fraction of sp³-hybridized carbons (Fsp3) is 0.0769. The maximum atomic E-state index is 13.8. The van der Waals surface area contributed by atoms with Crippen LogP contribution in [-0.2, 0) is 0 Å². The first-order chi connectivity index (χ1) is 9.52. The van der Waals surface area contributed by atoms with Gasteiger partial charge >= 0.3 is 0 Å². The Morgan fingerprint density at radius 2 is 2.00 bits per heavy atom. The third-order valence-corrected chi connectivity index (χ3v) is 2.88. The predicted molar refractivity (Wildman–Crippen MR) is 75.4 cm³/mol. The zero-order valence-electron chi connectivity index (χ0n) is 10.7. The van der Waals surface area contributed by atoms with Crippen molar-refractivity contribution in [3.63, 3.8) is 0 Å². The summed E-state index contributed by atoms with van der Waals surface area (Å²) in [5.74, 6) is 4.88. The Kier molecular flexibility index (Phi) is 3.81. The Labute approximate surface area is 114 Å². The highest BCUT2D eigenvalue weighted by atomic mass is 19.1. The Hall–Kier alpha value is -2.67. The van der Waals surface area contributed by atoms with Crippen LogP contribution in [0.25, 0.3) is 0 Å². The number of nitrogens with two attached hydrogens (primary N) is 1. The third-order valence-electron chi connectivity index (χ3n) is 2.88. The maximum absolute atomic E-state index is 13.8. The lowest BCUT2D eigenvalue weighted by Gasteiger charge is -2.20. The highest BCUT2D eigenvalue weighted by molar-refractivity contribution is 5.70. The van der Waals surface area contributed by atoms with Crippen LogP contribution in [0.3, 0.4) is 0 Å². The van der Waals surface area contributed by atoms with Crippen LogP contribution in [0.15, 0.2) is 42.5 Å². The summed E-state index contributed by atoms with van der Waals surface area (Å²) >= 11 is 0. The van der Waals surface area contributed by atoms with Crippen molar-refractivity contribution in [1.82, 2.24) is 0 Å². The van der Waals surface area contributed by atoms with E-state index in [9.17, 15) is 14.5 Å². The van der Waals surface area contributed by atoms with E-state index in [1.807, 2.05) is 0 Å². The van der Waals surface area contributed by atoms with E-state index in [4.69, 9.17) is 5.84 Å². The van der Waals surface area contributed by atoms with E-state index in [0.29, 0.717) is 17.1 Å². The molecule has 2 rings (SSSR count). The second-order valence-corrected chi connectivity index (χ2v) is 4.15. The molecule has 0 fully saturated rings. The minimum Gasteiger partial charge on any atom is -0.342 e. The summed E-state index contributed by atoms with van der Waals surface area (Å²) in [4.78, 5) is 11.9. The molecule has 2 aromatic rings. The fourth-order valence-corrected chi connectivity index (χ4v) is 1.84. The number of non-ortho nitro benzene ring substituents is 1. The SMILES string of the molecule is CN(c1cc(NN)cc([N+](=O)[O-])c1)c1ccccc1F. The maximum Gasteiger partial charge on any atom is 0.273 e. The summed E-state index contributed by atoms with van der Waals surface area (Å²) in [6, 6.07) is 10.4. The summed E-state index contributed by atoms with van der Waals surface area (Å²) in [5, 5.41) is 10.9. The molecule has 2 aromatic carbocycles. The molecule has 0 amide bonds. The van der Waals surface area contributed by atoms with Gasteiger partial charge in [-0.1, -0.05) is 12.1 Å². The minimum atomic E-state index is -0.528. The molecular weight excluding hydrogens is 263 g/mol. The number of hydrogen-bond donors (Lipinski definition) is 2. The summed E-state index contributed by atoms with van der Waals surface area (Å²) < 4.78 is 13.8. The lowest BCUT2D eigenvalue weighted by Crippen LogP contribution is -2.13. The van der Waals surface area contributed by atoms with Gasteiger partial charge in [-0.05, 0) is 18.2 Å². The van der Waals surface area contributed by atoms with Gasteiger partial charge in [0.2, 0.25) is 0 Å². The first-order valence-corrected chi connectivity index (χ1v) is 5.77. The number of nitrogens with zero attached hydrogens (tertiary/aromatic N) is 2. The average Bonchev–Trinajstić information content (AvgIpc) is 2.46. The number of para-hydroxylation sites is 1. The summed E-state index contributed by atoms with van der Waals surface area (Å²) in [7, 11) is 1.62. The number of hydrazine groups is 1. The van der Waals surface area contributed by atoms with Crippen molar-refractivity contribution < 1.29 is 9.31 Å². The van der Waals surface area contributed by atoms with Gasteiger partial charge < -0.3 is 10.3 Å². The smallest absolute Gasteiger partial charge is 0.273 e. The Morgan fingerprint density at radius 3 is 2.60 bits per heavy atom. The second-order valence-electron chi connectivity index (χ2n) is 4.15. The van der Waals surface area contributed by atoms with Gasteiger partial charge in [0.05, 0.1) is 16.3 Å². The molecule has 0 atom stereocenters. The predicted octanol–water partition coefficient (Wildman–Crippen LogP) is 2.79. The van der Waals surface area contributed by atoms with Crippen LogP contribution in [-0.4, -0.2) is 12.0 Å². The van der Waals surface area contributed by atoms with Crippen LogP contribution in [0, 0.1) is 15.9 Å². The molecule has 3 N–H and O–H groups in total. The van der Waals surface area contributed by atoms with E-state index in [1.54, 1.807) is 31.3 Å². The molecule has 0 aliphatic rings. The molecule has 0 aromatic heterocycles. The standard InChI is InChI=1S/C13H13FN4O2/c1-17(13-5-3-2-4-12(13)14)10-6-9(16-15)7-11(8-10)18(19)20/h2-8,16H,15H2,1H3. The molecular formula is C13H13FN4O2. The van der Waals surface area contributed by atoms with E-state index in [-0.39, 0.29) is 5.69 Å². The first kappa shape index (κ1) is 13.8. The molecule has 6 nitrogen and oxygen atoms in total. The van der Waals surface area contributed by atoms with Crippen molar-refractivity contribution in [1.29, 1.82) is 0 Å². The molecule has 20 heavy (non-hydrogen) atoms. The zero-order chi connectivity index (χ0) is 14.7. The van der Waals surface area contributed by atoms with Crippen molar-refractivity contribution in [2.24, 2.45) is 5.84 Å². The van der Waals surface area contributed by atoms with Crippen LogP contribution in [0.4, 0.5) is 27.1 Å². The zero-order valence-corrected chi connectivity index (χ0v) is 10.7. The number of halogens is 1. The summed E-state index contributed by atoms with van der Waals surface area (Å²) in [5.41, 5.74) is 3.38. The molecule has 7 heteroatoms. The molecule has 0 spiro atoms. The fourth-order valence-electron chi connectivity index (χ4n) is 1.84. The number of nitrogen functional groups attached to an aromatic ring is 1. The number of nitro groups is 1. The molecule has 0 radical (unpaired) electrons. The van der Waals surface area contributed by atoms with Crippen LogP contribution in [0.5, 0.6) is 0 Å². The Bertz CT molecular complexity index is 648. The molecule has 0 aliphatic carbocycles. The van der Waals surface area contributed by atoms with E-state index in [1.165, 1.54) is 23.1 Å². The molecule has 0 aliphatic heterocycles. The van der Waals surface area contributed by atoms with E-state index < -0.39 is 10.7 Å². The van der Waals surface area contributed by atoms with Crippen LogP contribution >= 0.6 is 0 Å². The minimum absolute atomic E-state index is 0.126. The number of nitro benzene ring substituents is 1. The summed E-state index contributed by atoms with van der Waals surface area (Å²) in [6.45, 7) is 0.